The molecule has 1 amide bonds. The van der Waals surface area contributed by atoms with E-state index in [2.05, 4.69) is 0 Å². The molecule has 3 aliphatic rings. The van der Waals surface area contributed by atoms with Gasteiger partial charge in [0, 0.05) is 44.2 Å². The maximum atomic E-state index is 14.2. The first-order valence-corrected chi connectivity index (χ1v) is 9.87. The van der Waals surface area contributed by atoms with Gasteiger partial charge in [-0.2, -0.15) is 0 Å². The Morgan fingerprint density at radius 2 is 2.15 bits per heavy atom. The highest BCUT2D eigenvalue weighted by Gasteiger charge is 2.52. The molecule has 0 radical (unpaired) electrons. The number of carbonyl (C=O) groups is 1. The molecule has 6 heteroatoms. The van der Waals surface area contributed by atoms with Crippen LogP contribution in [-0.4, -0.2) is 63.5 Å². The monoisotopic (exact) mass is 377 g/mol. The normalized spacial score (nSPS) is 28.5. The zero-order chi connectivity index (χ0) is 18.9. The van der Waals surface area contributed by atoms with Crippen LogP contribution < -0.4 is 0 Å². The van der Waals surface area contributed by atoms with E-state index in [9.17, 15) is 9.18 Å². The summed E-state index contributed by atoms with van der Waals surface area (Å²) < 4.78 is 31.5. The molecule has 5 nitrogen and oxygen atoms in total. The maximum absolute atomic E-state index is 14.2. The third-order valence-electron chi connectivity index (χ3n) is 6.33. The maximum Gasteiger partial charge on any atom is 0.257 e. The van der Waals surface area contributed by atoms with Crippen LogP contribution in [0.5, 0.6) is 0 Å². The average molecular weight is 377 g/mol. The van der Waals surface area contributed by atoms with Crippen LogP contribution in [0.3, 0.4) is 0 Å². The minimum atomic E-state index is -0.446. The standard InChI is InChI=1S/C21H28FNO4/c1-15-3-2-4-18(22)19(15)20(24)23-9-17-11-27-14-21(17,12-23)13-26-10-16-5-7-25-8-6-16/h2-4,16-17H,5-14H2,1H3/t17-,21-/m1/s1. The van der Waals surface area contributed by atoms with Crippen LogP contribution in [0.2, 0.25) is 0 Å². The summed E-state index contributed by atoms with van der Waals surface area (Å²) >= 11 is 0. The molecule has 3 heterocycles. The molecular formula is C21H28FNO4. The minimum absolute atomic E-state index is 0.167. The van der Waals surface area contributed by atoms with E-state index in [1.165, 1.54) is 6.07 Å². The Bertz CT molecular complexity index is 671. The molecule has 0 saturated carbocycles. The molecule has 2 atom stereocenters. The summed E-state index contributed by atoms with van der Waals surface area (Å²) in [7, 11) is 0. The molecule has 0 spiro atoms. The van der Waals surface area contributed by atoms with Gasteiger partial charge in [-0.15, -0.1) is 0 Å². The summed E-state index contributed by atoms with van der Waals surface area (Å²) in [5.74, 6) is 0.140. The van der Waals surface area contributed by atoms with Crippen LogP contribution in [0.15, 0.2) is 18.2 Å². The summed E-state index contributed by atoms with van der Waals surface area (Å²) in [6.07, 6.45) is 2.09. The molecule has 3 saturated heterocycles. The van der Waals surface area contributed by atoms with Crippen LogP contribution in [0, 0.1) is 30.0 Å². The molecular weight excluding hydrogens is 349 g/mol. The summed E-state index contributed by atoms with van der Waals surface area (Å²) in [4.78, 5) is 14.8. The Hall–Kier alpha value is -1.50. The zero-order valence-electron chi connectivity index (χ0n) is 15.9. The van der Waals surface area contributed by atoms with Gasteiger partial charge in [-0.1, -0.05) is 12.1 Å². The number of aryl methyl sites for hydroxylation is 1. The van der Waals surface area contributed by atoms with Gasteiger partial charge in [-0.05, 0) is 37.3 Å². The minimum Gasteiger partial charge on any atom is -0.381 e. The van der Waals surface area contributed by atoms with Crippen molar-refractivity contribution in [1.29, 1.82) is 0 Å². The number of rotatable bonds is 5. The first-order valence-electron chi connectivity index (χ1n) is 9.87. The molecule has 0 unspecified atom stereocenters. The van der Waals surface area contributed by atoms with Gasteiger partial charge in [0.05, 0.1) is 25.4 Å². The van der Waals surface area contributed by atoms with Crippen molar-refractivity contribution >= 4 is 5.91 Å². The Morgan fingerprint density at radius 1 is 1.33 bits per heavy atom. The Kier molecular flexibility index (Phi) is 5.48. The average Bonchev–Trinajstić information content (AvgIpc) is 3.19. The molecule has 3 fully saturated rings. The highest BCUT2D eigenvalue weighted by molar-refractivity contribution is 5.96. The first-order chi connectivity index (χ1) is 13.1. The SMILES string of the molecule is Cc1cccc(F)c1C(=O)N1C[C@@H]2COC[C@]2(COCC2CCOCC2)C1. The van der Waals surface area contributed by atoms with E-state index in [1.54, 1.807) is 24.0 Å². The van der Waals surface area contributed by atoms with Gasteiger partial charge >= 0.3 is 0 Å². The summed E-state index contributed by atoms with van der Waals surface area (Å²) in [5, 5.41) is 0. The second kappa shape index (κ2) is 7.86. The van der Waals surface area contributed by atoms with Gasteiger partial charge in [-0.3, -0.25) is 4.79 Å². The fraction of sp³-hybridized carbons (Fsp3) is 0.667. The van der Waals surface area contributed by atoms with E-state index < -0.39 is 5.82 Å². The van der Waals surface area contributed by atoms with Gasteiger partial charge in [0.25, 0.3) is 5.91 Å². The molecule has 0 N–H and O–H groups in total. The van der Waals surface area contributed by atoms with E-state index >= 15 is 0 Å². The highest BCUT2D eigenvalue weighted by Crippen LogP contribution is 2.42. The number of benzene rings is 1. The quantitative estimate of drug-likeness (QED) is 0.792. The zero-order valence-corrected chi connectivity index (χ0v) is 15.9. The number of halogens is 1. The van der Waals surface area contributed by atoms with E-state index in [1.807, 2.05) is 0 Å². The number of hydrogen-bond donors (Lipinski definition) is 0. The van der Waals surface area contributed by atoms with Crippen molar-refractivity contribution in [3.8, 4) is 0 Å². The van der Waals surface area contributed by atoms with Gasteiger partial charge in [0.1, 0.15) is 5.82 Å². The van der Waals surface area contributed by atoms with Crippen molar-refractivity contribution in [2.75, 3.05) is 52.7 Å². The van der Waals surface area contributed by atoms with E-state index in [0.717, 1.165) is 32.7 Å². The summed E-state index contributed by atoms with van der Waals surface area (Å²) in [6.45, 7) is 7.15. The lowest BCUT2D eigenvalue weighted by atomic mass is 9.82. The molecule has 0 aromatic heterocycles. The van der Waals surface area contributed by atoms with Crippen LogP contribution in [0.4, 0.5) is 4.39 Å². The number of fused-ring (bicyclic) bond motifs is 1. The van der Waals surface area contributed by atoms with Crippen molar-refractivity contribution in [1.82, 2.24) is 4.90 Å². The molecule has 1 aromatic rings. The summed E-state index contributed by atoms with van der Waals surface area (Å²) in [5.41, 5.74) is 0.703. The summed E-state index contributed by atoms with van der Waals surface area (Å²) in [6, 6.07) is 4.77. The fourth-order valence-electron chi connectivity index (χ4n) is 4.59. The van der Waals surface area contributed by atoms with Crippen molar-refractivity contribution in [3.05, 3.63) is 35.1 Å². The number of ether oxygens (including phenoxy) is 3. The lowest BCUT2D eigenvalue weighted by molar-refractivity contribution is -0.0151. The number of hydrogen-bond acceptors (Lipinski definition) is 4. The van der Waals surface area contributed by atoms with Crippen molar-refractivity contribution in [3.63, 3.8) is 0 Å². The largest absolute Gasteiger partial charge is 0.381 e. The Morgan fingerprint density at radius 3 is 2.93 bits per heavy atom. The van der Waals surface area contributed by atoms with Gasteiger partial charge in [-0.25, -0.2) is 4.39 Å². The molecule has 0 aliphatic carbocycles. The third-order valence-corrected chi connectivity index (χ3v) is 6.33. The van der Waals surface area contributed by atoms with Crippen molar-refractivity contribution in [2.45, 2.75) is 19.8 Å². The highest BCUT2D eigenvalue weighted by atomic mass is 19.1. The molecule has 0 bridgehead atoms. The Balaban J connectivity index is 1.41. The van der Waals surface area contributed by atoms with Crippen LogP contribution in [-0.2, 0) is 14.2 Å². The fourth-order valence-corrected chi connectivity index (χ4v) is 4.59. The second-order valence-electron chi connectivity index (χ2n) is 8.26. The van der Waals surface area contributed by atoms with Crippen LogP contribution in [0.1, 0.15) is 28.8 Å². The van der Waals surface area contributed by atoms with Gasteiger partial charge < -0.3 is 19.1 Å². The molecule has 1 aromatic carbocycles. The number of nitrogens with zero attached hydrogens (tertiary/aromatic N) is 1. The van der Waals surface area contributed by atoms with E-state index in [4.69, 9.17) is 14.2 Å². The predicted molar refractivity (Wildman–Crippen MR) is 98.1 cm³/mol. The molecule has 4 rings (SSSR count). The van der Waals surface area contributed by atoms with Crippen LogP contribution in [0.25, 0.3) is 0 Å². The van der Waals surface area contributed by atoms with E-state index in [-0.39, 0.29) is 22.8 Å². The molecule has 148 valence electrons. The smallest absolute Gasteiger partial charge is 0.257 e. The van der Waals surface area contributed by atoms with E-state index in [0.29, 0.717) is 44.4 Å². The first kappa shape index (κ1) is 18.8. The van der Waals surface area contributed by atoms with Crippen molar-refractivity contribution < 1.29 is 23.4 Å². The van der Waals surface area contributed by atoms with Gasteiger partial charge in [0.2, 0.25) is 0 Å². The predicted octanol–water partition coefficient (Wildman–Crippen LogP) is 2.67. The Labute approximate surface area is 159 Å². The van der Waals surface area contributed by atoms with Gasteiger partial charge in [0.15, 0.2) is 0 Å². The lowest BCUT2D eigenvalue weighted by Crippen LogP contribution is -2.38. The third kappa shape index (κ3) is 3.75. The molecule has 27 heavy (non-hydrogen) atoms. The number of carbonyl (C=O) groups excluding carboxylic acids is 1. The lowest BCUT2D eigenvalue weighted by Gasteiger charge is -2.29. The number of likely N-dealkylation sites (tertiary alicyclic amines) is 1. The number of amides is 1. The molecule has 3 aliphatic heterocycles. The van der Waals surface area contributed by atoms with Crippen LogP contribution >= 0.6 is 0 Å². The second-order valence-corrected chi connectivity index (χ2v) is 8.26. The topological polar surface area (TPSA) is 48.0 Å². The van der Waals surface area contributed by atoms with Crippen molar-refractivity contribution in [2.24, 2.45) is 17.3 Å².